The number of hydrogen-bond acceptors (Lipinski definition) is 4. The molecule has 5 nitrogen and oxygen atoms in total. The molecule has 0 radical (unpaired) electrons. The van der Waals surface area contributed by atoms with Crippen LogP contribution < -0.4 is 9.64 Å². The zero-order valence-corrected chi connectivity index (χ0v) is 20.2. The number of Topliss-reactive ketones (excluding diaryl/α,β-unsaturated/α-hetero) is 1. The van der Waals surface area contributed by atoms with Gasteiger partial charge in [0.25, 0.3) is 11.7 Å². The zero-order valence-electron chi connectivity index (χ0n) is 20.2. The smallest absolute Gasteiger partial charge is 0.300 e. The molecule has 1 aliphatic rings. The van der Waals surface area contributed by atoms with Crippen LogP contribution in [0.5, 0.6) is 5.75 Å². The molecule has 1 amide bonds. The molecule has 1 heterocycles. The molecule has 1 saturated heterocycles. The summed E-state index contributed by atoms with van der Waals surface area (Å²) < 4.78 is 19.4. The number of rotatable bonds is 6. The molecule has 180 valence electrons. The Labute approximate surface area is 204 Å². The van der Waals surface area contributed by atoms with Gasteiger partial charge in [0.15, 0.2) is 0 Å². The van der Waals surface area contributed by atoms with Crippen LogP contribution in [0.1, 0.15) is 55.0 Å². The third-order valence-electron chi connectivity index (χ3n) is 6.15. The van der Waals surface area contributed by atoms with E-state index in [9.17, 15) is 19.1 Å². The van der Waals surface area contributed by atoms with Crippen molar-refractivity contribution in [1.82, 2.24) is 0 Å². The minimum Gasteiger partial charge on any atom is -0.507 e. The number of aliphatic hydroxyl groups excluding tert-OH is 1. The highest BCUT2D eigenvalue weighted by Crippen LogP contribution is 2.43. The van der Waals surface area contributed by atoms with E-state index in [1.807, 2.05) is 39.8 Å². The summed E-state index contributed by atoms with van der Waals surface area (Å²) in [6.45, 7) is 8.34. The highest BCUT2D eigenvalue weighted by molar-refractivity contribution is 6.51. The number of carbonyl (C=O) groups excluding carboxylic acids is 2. The minimum atomic E-state index is -0.910. The highest BCUT2D eigenvalue weighted by atomic mass is 19.1. The third-order valence-corrected chi connectivity index (χ3v) is 6.15. The second-order valence-corrected chi connectivity index (χ2v) is 8.90. The van der Waals surface area contributed by atoms with Gasteiger partial charge < -0.3 is 9.84 Å². The fourth-order valence-electron chi connectivity index (χ4n) is 4.35. The van der Waals surface area contributed by atoms with E-state index in [0.717, 1.165) is 11.1 Å². The number of benzene rings is 3. The van der Waals surface area contributed by atoms with E-state index >= 15 is 0 Å². The molecular formula is C29H28FNO4. The van der Waals surface area contributed by atoms with Crippen LogP contribution in [-0.4, -0.2) is 23.4 Å². The molecule has 0 aliphatic carbocycles. The molecule has 0 aromatic heterocycles. The van der Waals surface area contributed by atoms with Crippen molar-refractivity contribution in [3.63, 3.8) is 0 Å². The van der Waals surface area contributed by atoms with E-state index in [1.165, 1.54) is 29.2 Å². The van der Waals surface area contributed by atoms with Crippen molar-refractivity contribution >= 4 is 23.1 Å². The zero-order chi connectivity index (χ0) is 25.3. The topological polar surface area (TPSA) is 66.8 Å². The third kappa shape index (κ3) is 4.56. The lowest BCUT2D eigenvalue weighted by molar-refractivity contribution is -0.132. The largest absolute Gasteiger partial charge is 0.507 e. The quantitative estimate of drug-likeness (QED) is 0.260. The number of nitrogens with zero attached hydrogens (tertiary/aromatic N) is 1. The molecule has 4 rings (SSSR count). The van der Waals surface area contributed by atoms with Crippen molar-refractivity contribution < 1.29 is 23.8 Å². The number of carbonyl (C=O) groups is 2. The Kier molecular flexibility index (Phi) is 6.74. The molecular weight excluding hydrogens is 445 g/mol. The van der Waals surface area contributed by atoms with Gasteiger partial charge in [-0.15, -0.1) is 0 Å². The summed E-state index contributed by atoms with van der Waals surface area (Å²) in [5.74, 6) is -1.45. The first-order valence-corrected chi connectivity index (χ1v) is 11.6. The Morgan fingerprint density at radius 1 is 1.03 bits per heavy atom. The van der Waals surface area contributed by atoms with Crippen molar-refractivity contribution in [1.29, 1.82) is 0 Å². The van der Waals surface area contributed by atoms with E-state index in [2.05, 4.69) is 0 Å². The summed E-state index contributed by atoms with van der Waals surface area (Å²) in [5.41, 5.74) is 3.27. The maximum Gasteiger partial charge on any atom is 0.300 e. The van der Waals surface area contributed by atoms with Gasteiger partial charge in [0.05, 0.1) is 18.2 Å². The summed E-state index contributed by atoms with van der Waals surface area (Å²) >= 11 is 0. The maximum atomic E-state index is 13.7. The molecule has 3 aromatic carbocycles. The molecule has 3 aromatic rings. The van der Waals surface area contributed by atoms with Crippen LogP contribution in [0.4, 0.5) is 10.1 Å². The number of aryl methyl sites for hydroxylation is 1. The fraction of sp³-hybridized carbons (Fsp3) is 0.241. The second-order valence-electron chi connectivity index (χ2n) is 8.90. The lowest BCUT2D eigenvalue weighted by Gasteiger charge is -2.25. The van der Waals surface area contributed by atoms with Crippen molar-refractivity contribution in [2.45, 2.75) is 39.7 Å². The molecule has 0 saturated carbocycles. The number of anilines is 1. The lowest BCUT2D eigenvalue weighted by atomic mass is 9.93. The molecule has 1 atom stereocenters. The molecule has 0 bridgehead atoms. The predicted octanol–water partition coefficient (Wildman–Crippen LogP) is 6.28. The Bertz CT molecular complexity index is 1290. The van der Waals surface area contributed by atoms with E-state index in [0.29, 0.717) is 29.2 Å². The van der Waals surface area contributed by atoms with E-state index in [1.54, 1.807) is 30.3 Å². The Morgan fingerprint density at radius 2 is 1.69 bits per heavy atom. The van der Waals surface area contributed by atoms with Gasteiger partial charge >= 0.3 is 0 Å². The van der Waals surface area contributed by atoms with Crippen LogP contribution in [0.15, 0.2) is 72.3 Å². The van der Waals surface area contributed by atoms with Gasteiger partial charge in [-0.05, 0) is 73.4 Å². The van der Waals surface area contributed by atoms with Gasteiger partial charge in [-0.3, -0.25) is 14.5 Å². The fourth-order valence-corrected chi connectivity index (χ4v) is 4.35. The first-order valence-electron chi connectivity index (χ1n) is 11.6. The minimum absolute atomic E-state index is 0.0407. The SMILES string of the molecule is CCOc1ccc(/C(O)=C2/C(=O)C(=O)N(c3ccc(C)cc3)C2c2ccc(F)cc2)cc1C(C)C. The Balaban J connectivity index is 1.92. The highest BCUT2D eigenvalue weighted by Gasteiger charge is 2.47. The van der Waals surface area contributed by atoms with E-state index in [-0.39, 0.29) is 17.3 Å². The standard InChI is InChI=1S/C29H28FNO4/c1-5-35-24-15-10-20(16-23(24)17(2)3)27(32)25-26(19-8-11-21(30)12-9-19)31(29(34)28(25)33)22-13-6-18(4)7-14-22/h6-17,26,32H,5H2,1-4H3/b27-25-. The summed E-state index contributed by atoms with van der Waals surface area (Å²) in [5, 5.41) is 11.4. The van der Waals surface area contributed by atoms with Gasteiger partial charge in [-0.2, -0.15) is 0 Å². The van der Waals surface area contributed by atoms with Crippen LogP contribution in [-0.2, 0) is 9.59 Å². The number of amides is 1. The van der Waals surface area contributed by atoms with Crippen LogP contribution >= 0.6 is 0 Å². The summed E-state index contributed by atoms with van der Waals surface area (Å²) in [4.78, 5) is 27.9. The molecule has 1 aliphatic heterocycles. The van der Waals surface area contributed by atoms with Crippen molar-refractivity contribution in [2.24, 2.45) is 0 Å². The molecule has 1 N–H and O–H groups in total. The van der Waals surface area contributed by atoms with Crippen LogP contribution in [0, 0.1) is 12.7 Å². The van der Waals surface area contributed by atoms with E-state index < -0.39 is 23.5 Å². The van der Waals surface area contributed by atoms with E-state index in [4.69, 9.17) is 4.74 Å². The normalized spacial score (nSPS) is 17.3. The average molecular weight is 474 g/mol. The van der Waals surface area contributed by atoms with Gasteiger partial charge in [-0.1, -0.05) is 43.7 Å². The van der Waals surface area contributed by atoms with Crippen molar-refractivity contribution in [3.05, 3.63) is 100 Å². The summed E-state index contributed by atoms with van der Waals surface area (Å²) in [6, 6.07) is 17.1. The molecule has 1 fully saturated rings. The monoisotopic (exact) mass is 473 g/mol. The summed E-state index contributed by atoms with van der Waals surface area (Å²) in [7, 11) is 0. The van der Waals surface area contributed by atoms with Gasteiger partial charge in [0, 0.05) is 11.3 Å². The van der Waals surface area contributed by atoms with Crippen molar-refractivity contribution in [2.75, 3.05) is 11.5 Å². The first-order chi connectivity index (χ1) is 16.7. The number of ether oxygens (including phenoxy) is 1. The van der Waals surface area contributed by atoms with Crippen LogP contribution in [0.25, 0.3) is 5.76 Å². The molecule has 1 unspecified atom stereocenters. The van der Waals surface area contributed by atoms with Gasteiger partial charge in [0.2, 0.25) is 0 Å². The number of halogens is 1. The maximum absolute atomic E-state index is 13.7. The first kappa shape index (κ1) is 24.2. The predicted molar refractivity (Wildman–Crippen MR) is 134 cm³/mol. The van der Waals surface area contributed by atoms with Gasteiger partial charge in [-0.25, -0.2) is 4.39 Å². The lowest BCUT2D eigenvalue weighted by Crippen LogP contribution is -2.29. The average Bonchev–Trinajstić information content (AvgIpc) is 3.10. The number of aliphatic hydroxyl groups is 1. The Hall–Kier alpha value is -3.93. The second kappa shape index (κ2) is 9.74. The van der Waals surface area contributed by atoms with Crippen molar-refractivity contribution in [3.8, 4) is 5.75 Å². The Morgan fingerprint density at radius 3 is 2.29 bits per heavy atom. The number of hydrogen-bond donors (Lipinski definition) is 1. The summed E-state index contributed by atoms with van der Waals surface area (Å²) in [6.07, 6.45) is 0. The van der Waals surface area contributed by atoms with Crippen LogP contribution in [0.3, 0.4) is 0 Å². The molecule has 0 spiro atoms. The molecule has 35 heavy (non-hydrogen) atoms. The molecule has 6 heteroatoms. The van der Waals surface area contributed by atoms with Crippen LogP contribution in [0.2, 0.25) is 0 Å². The van der Waals surface area contributed by atoms with Gasteiger partial charge in [0.1, 0.15) is 17.3 Å². The number of ketones is 1.